The zero-order chi connectivity index (χ0) is 10.9. The smallest absolute Gasteiger partial charge is 0.127 e. The van der Waals surface area contributed by atoms with Gasteiger partial charge < -0.3 is 4.84 Å². The molecule has 14 heavy (non-hydrogen) atoms. The maximum absolute atomic E-state index is 6.13. The summed E-state index contributed by atoms with van der Waals surface area (Å²) in [4.78, 5) is 5.46. The van der Waals surface area contributed by atoms with Crippen molar-refractivity contribution in [2.24, 2.45) is 5.92 Å². The Bertz CT molecular complexity index is 237. The van der Waals surface area contributed by atoms with Gasteiger partial charge in [-0.2, -0.15) is 0 Å². The molecule has 2 atom stereocenters. The summed E-state index contributed by atoms with van der Waals surface area (Å²) in [6, 6.07) is 0.163. The number of hydrogen-bond donors (Lipinski definition) is 0. The Morgan fingerprint density at radius 2 is 2.29 bits per heavy atom. The molecule has 2 nitrogen and oxygen atoms in total. The van der Waals surface area contributed by atoms with Crippen LogP contribution in [-0.4, -0.2) is 15.6 Å². The Balaban J connectivity index is 2.82. The molecule has 0 N–H and O–H groups in total. The maximum atomic E-state index is 6.13. The highest BCUT2D eigenvalue weighted by Crippen LogP contribution is 2.37. The Morgan fingerprint density at radius 1 is 1.71 bits per heavy atom. The lowest BCUT2D eigenvalue weighted by Gasteiger charge is -2.35. The van der Waals surface area contributed by atoms with Crippen LogP contribution in [0.25, 0.3) is 0 Å². The van der Waals surface area contributed by atoms with Crippen LogP contribution >= 0.6 is 27.5 Å². The van der Waals surface area contributed by atoms with Crippen LogP contribution in [0.5, 0.6) is 0 Å². The van der Waals surface area contributed by atoms with E-state index in [1.54, 1.807) is 6.26 Å². The first-order valence-electron chi connectivity index (χ1n) is 4.88. The van der Waals surface area contributed by atoms with Crippen molar-refractivity contribution in [3.8, 4) is 0 Å². The summed E-state index contributed by atoms with van der Waals surface area (Å²) in [5, 5.41) is 2.69. The van der Waals surface area contributed by atoms with Crippen molar-refractivity contribution in [3.05, 3.63) is 11.3 Å². The first-order valence-corrected chi connectivity index (χ1v) is 6.05. The first-order chi connectivity index (χ1) is 6.38. The van der Waals surface area contributed by atoms with E-state index < -0.39 is 0 Å². The van der Waals surface area contributed by atoms with Gasteiger partial charge in [-0.3, -0.25) is 0 Å². The molecule has 1 aliphatic heterocycles. The van der Waals surface area contributed by atoms with E-state index in [-0.39, 0.29) is 10.5 Å². The molecule has 0 spiro atoms. The summed E-state index contributed by atoms with van der Waals surface area (Å²) < 4.78 is -0.200. The van der Waals surface area contributed by atoms with E-state index in [0.717, 1.165) is 11.5 Å². The van der Waals surface area contributed by atoms with Crippen LogP contribution < -0.4 is 0 Å². The van der Waals surface area contributed by atoms with Crippen LogP contribution in [0.1, 0.15) is 34.1 Å². The fourth-order valence-electron chi connectivity index (χ4n) is 1.54. The van der Waals surface area contributed by atoms with E-state index in [4.69, 9.17) is 16.4 Å². The van der Waals surface area contributed by atoms with Gasteiger partial charge in [-0.15, -0.1) is 5.06 Å². The highest BCUT2D eigenvalue weighted by molar-refractivity contribution is 9.10. The third-order valence-corrected chi connectivity index (χ3v) is 3.18. The molecule has 0 aromatic rings. The molecule has 0 bridgehead atoms. The third kappa shape index (κ3) is 2.44. The van der Waals surface area contributed by atoms with Crippen molar-refractivity contribution < 1.29 is 4.84 Å². The van der Waals surface area contributed by atoms with Gasteiger partial charge in [0.05, 0.1) is 11.1 Å². The fourth-order valence-corrected chi connectivity index (χ4v) is 2.18. The molecule has 0 radical (unpaired) electrons. The number of nitrogens with zero attached hydrogens (tertiary/aromatic N) is 1. The van der Waals surface area contributed by atoms with Gasteiger partial charge in [0.2, 0.25) is 0 Å². The van der Waals surface area contributed by atoms with Crippen LogP contribution in [0.3, 0.4) is 0 Å². The van der Waals surface area contributed by atoms with Gasteiger partial charge in [0.25, 0.3) is 0 Å². The summed E-state index contributed by atoms with van der Waals surface area (Å²) in [5.41, 5.74) is 0. The summed E-state index contributed by atoms with van der Waals surface area (Å²) in [6.45, 7) is 8.44. The predicted molar refractivity (Wildman–Crippen MR) is 63.1 cm³/mol. The minimum absolute atomic E-state index is 0.163. The van der Waals surface area contributed by atoms with E-state index in [1.165, 1.54) is 0 Å². The average molecular weight is 283 g/mol. The summed E-state index contributed by atoms with van der Waals surface area (Å²) in [5.74, 6) is 0.484. The third-order valence-electron chi connectivity index (χ3n) is 2.52. The second-order valence-electron chi connectivity index (χ2n) is 4.17. The lowest BCUT2D eigenvalue weighted by Crippen LogP contribution is -2.45. The summed E-state index contributed by atoms with van der Waals surface area (Å²) in [6.07, 6.45) is 2.71. The molecule has 0 saturated carbocycles. The van der Waals surface area contributed by atoms with Gasteiger partial charge in [0, 0.05) is 0 Å². The van der Waals surface area contributed by atoms with E-state index >= 15 is 0 Å². The Kier molecular flexibility index (Phi) is 3.89. The number of halogens is 2. The molecule has 82 valence electrons. The van der Waals surface area contributed by atoms with Crippen LogP contribution in [-0.2, 0) is 4.84 Å². The molecule has 0 aromatic heterocycles. The van der Waals surface area contributed by atoms with E-state index in [0.29, 0.717) is 5.92 Å². The SMILES string of the molecule is CCC(C)C1C(Cl)=CON1C(C)(C)Br. The van der Waals surface area contributed by atoms with Crippen LogP contribution in [0.2, 0.25) is 0 Å². The van der Waals surface area contributed by atoms with Crippen molar-refractivity contribution in [2.75, 3.05) is 0 Å². The molecule has 1 aliphatic rings. The highest BCUT2D eigenvalue weighted by atomic mass is 79.9. The molecule has 2 unspecified atom stereocenters. The largest absolute Gasteiger partial charge is 0.411 e. The van der Waals surface area contributed by atoms with Crippen molar-refractivity contribution in [1.29, 1.82) is 0 Å². The maximum Gasteiger partial charge on any atom is 0.127 e. The molecule has 0 amide bonds. The number of hydroxylamine groups is 2. The monoisotopic (exact) mass is 281 g/mol. The van der Waals surface area contributed by atoms with Gasteiger partial charge >= 0.3 is 0 Å². The van der Waals surface area contributed by atoms with Crippen molar-refractivity contribution in [1.82, 2.24) is 5.06 Å². The zero-order valence-corrected chi connectivity index (χ0v) is 11.4. The molecule has 0 aromatic carbocycles. The quantitative estimate of drug-likeness (QED) is 0.576. The predicted octanol–water partition coefficient (Wildman–Crippen LogP) is 3.86. The molecule has 4 heteroatoms. The summed E-state index contributed by atoms with van der Waals surface area (Å²) >= 11 is 9.71. The molecule has 0 fully saturated rings. The number of alkyl halides is 1. The van der Waals surface area contributed by atoms with Crippen LogP contribution in [0, 0.1) is 5.92 Å². The van der Waals surface area contributed by atoms with Gasteiger partial charge in [0.15, 0.2) is 0 Å². The van der Waals surface area contributed by atoms with Crippen molar-refractivity contribution in [2.45, 2.75) is 44.6 Å². The van der Waals surface area contributed by atoms with Crippen LogP contribution in [0.4, 0.5) is 0 Å². The normalized spacial score (nSPS) is 25.9. The Labute approximate surface area is 99.3 Å². The lowest BCUT2D eigenvalue weighted by molar-refractivity contribution is -0.148. The molecule has 1 rings (SSSR count). The summed E-state index contributed by atoms with van der Waals surface area (Å²) in [7, 11) is 0. The zero-order valence-electron chi connectivity index (χ0n) is 9.05. The second-order valence-corrected chi connectivity index (χ2v) is 6.55. The second kappa shape index (κ2) is 4.42. The Morgan fingerprint density at radius 3 is 2.71 bits per heavy atom. The molecule has 0 saturated heterocycles. The van der Waals surface area contributed by atoms with E-state index in [1.807, 2.05) is 18.9 Å². The molecular weight excluding hydrogens is 265 g/mol. The van der Waals surface area contributed by atoms with Crippen molar-refractivity contribution in [3.63, 3.8) is 0 Å². The fraction of sp³-hybridized carbons (Fsp3) is 0.800. The van der Waals surface area contributed by atoms with Gasteiger partial charge in [-0.05, 0) is 19.8 Å². The van der Waals surface area contributed by atoms with Gasteiger partial charge in [0.1, 0.15) is 10.7 Å². The van der Waals surface area contributed by atoms with E-state index in [9.17, 15) is 0 Å². The highest BCUT2D eigenvalue weighted by Gasteiger charge is 2.40. The minimum Gasteiger partial charge on any atom is -0.411 e. The lowest BCUT2D eigenvalue weighted by atomic mass is 9.98. The first kappa shape index (κ1) is 12.3. The van der Waals surface area contributed by atoms with Crippen molar-refractivity contribution >= 4 is 27.5 Å². The topological polar surface area (TPSA) is 12.5 Å². The van der Waals surface area contributed by atoms with Crippen LogP contribution in [0.15, 0.2) is 11.3 Å². The molecule has 0 aliphatic carbocycles. The van der Waals surface area contributed by atoms with E-state index in [2.05, 4.69) is 29.8 Å². The number of hydrogen-bond acceptors (Lipinski definition) is 2. The standard InChI is InChI=1S/C10H17BrClNO/c1-5-7(2)9-8(12)6-14-13(9)10(3,4)11/h6-7,9H,5H2,1-4H3. The van der Waals surface area contributed by atoms with Gasteiger partial charge in [-0.1, -0.05) is 47.8 Å². The average Bonchev–Trinajstić information content (AvgIpc) is 2.45. The van der Waals surface area contributed by atoms with Gasteiger partial charge in [-0.25, -0.2) is 0 Å². The number of rotatable bonds is 3. The minimum atomic E-state index is -0.200. The Hall–Kier alpha value is 0.270. The molecular formula is C10H17BrClNO. The molecule has 1 heterocycles.